The standard InChI is InChI=1S/C15H25NO3S/c1-11-13(10-17)8-7-9-14(11)20(18,19)16(6)12(2)15(3,4)5/h7-9,12,17H,10H2,1-6H3. The summed E-state index contributed by atoms with van der Waals surface area (Å²) < 4.78 is 26.9. The lowest BCUT2D eigenvalue weighted by atomic mass is 9.88. The lowest BCUT2D eigenvalue weighted by molar-refractivity contribution is 0.216. The summed E-state index contributed by atoms with van der Waals surface area (Å²) in [6, 6.07) is 4.86. The summed E-state index contributed by atoms with van der Waals surface area (Å²) >= 11 is 0. The molecular weight excluding hydrogens is 274 g/mol. The predicted molar refractivity (Wildman–Crippen MR) is 81.0 cm³/mol. The van der Waals surface area contributed by atoms with Crippen LogP contribution in [-0.2, 0) is 16.6 Å². The number of aliphatic hydroxyl groups is 1. The van der Waals surface area contributed by atoms with Crippen LogP contribution in [0.3, 0.4) is 0 Å². The maximum atomic E-state index is 12.8. The molecule has 1 aromatic rings. The number of hydrogen-bond acceptors (Lipinski definition) is 3. The van der Waals surface area contributed by atoms with Crippen LogP contribution in [0.5, 0.6) is 0 Å². The lowest BCUT2D eigenvalue weighted by Crippen LogP contribution is -2.43. The molecule has 0 fully saturated rings. The zero-order valence-electron chi connectivity index (χ0n) is 13.1. The van der Waals surface area contributed by atoms with Crippen LogP contribution in [0.15, 0.2) is 23.1 Å². The number of nitrogens with zero attached hydrogens (tertiary/aromatic N) is 1. The second-order valence-electron chi connectivity index (χ2n) is 6.26. The highest BCUT2D eigenvalue weighted by Gasteiger charge is 2.33. The van der Waals surface area contributed by atoms with Crippen molar-refractivity contribution in [3.63, 3.8) is 0 Å². The fraction of sp³-hybridized carbons (Fsp3) is 0.600. The molecule has 1 aromatic carbocycles. The highest BCUT2D eigenvalue weighted by molar-refractivity contribution is 7.89. The molecule has 4 nitrogen and oxygen atoms in total. The third-order valence-electron chi connectivity index (χ3n) is 4.02. The lowest BCUT2D eigenvalue weighted by Gasteiger charge is -2.34. The van der Waals surface area contributed by atoms with Gasteiger partial charge in [0.15, 0.2) is 0 Å². The van der Waals surface area contributed by atoms with Gasteiger partial charge >= 0.3 is 0 Å². The van der Waals surface area contributed by atoms with E-state index in [9.17, 15) is 13.5 Å². The van der Waals surface area contributed by atoms with Crippen molar-refractivity contribution in [1.29, 1.82) is 0 Å². The van der Waals surface area contributed by atoms with Crippen LogP contribution in [0.4, 0.5) is 0 Å². The van der Waals surface area contributed by atoms with Crippen LogP contribution in [0.25, 0.3) is 0 Å². The van der Waals surface area contributed by atoms with E-state index in [2.05, 4.69) is 0 Å². The smallest absolute Gasteiger partial charge is 0.243 e. The Morgan fingerprint density at radius 3 is 2.30 bits per heavy atom. The molecular formula is C15H25NO3S. The molecule has 114 valence electrons. The number of aliphatic hydroxyl groups excluding tert-OH is 1. The summed E-state index contributed by atoms with van der Waals surface area (Å²) in [5.41, 5.74) is 1.11. The second-order valence-corrected chi connectivity index (χ2v) is 8.23. The van der Waals surface area contributed by atoms with E-state index in [-0.39, 0.29) is 23.0 Å². The van der Waals surface area contributed by atoms with Crippen LogP contribution >= 0.6 is 0 Å². The summed E-state index contributed by atoms with van der Waals surface area (Å²) in [5.74, 6) is 0. The highest BCUT2D eigenvalue weighted by atomic mass is 32.2. The molecule has 0 aliphatic heterocycles. The summed E-state index contributed by atoms with van der Waals surface area (Å²) in [7, 11) is -1.95. The fourth-order valence-electron chi connectivity index (χ4n) is 2.02. The van der Waals surface area contributed by atoms with E-state index in [1.165, 1.54) is 4.31 Å². The minimum absolute atomic E-state index is 0.135. The van der Waals surface area contributed by atoms with Gasteiger partial charge in [0.1, 0.15) is 0 Å². The van der Waals surface area contributed by atoms with Gasteiger partial charge in [0.05, 0.1) is 11.5 Å². The quantitative estimate of drug-likeness (QED) is 0.929. The van der Waals surface area contributed by atoms with E-state index >= 15 is 0 Å². The zero-order valence-corrected chi connectivity index (χ0v) is 14.0. The molecule has 0 amide bonds. The third-order valence-corrected chi connectivity index (χ3v) is 6.09. The molecule has 0 aliphatic rings. The normalized spacial score (nSPS) is 14.6. The Morgan fingerprint density at radius 2 is 1.85 bits per heavy atom. The summed E-state index contributed by atoms with van der Waals surface area (Å²) in [4.78, 5) is 0.266. The molecule has 0 aliphatic carbocycles. The minimum atomic E-state index is -3.56. The van der Waals surface area contributed by atoms with Crippen molar-refractivity contribution >= 4 is 10.0 Å². The van der Waals surface area contributed by atoms with Crippen LogP contribution in [-0.4, -0.2) is 30.9 Å². The van der Waals surface area contributed by atoms with Crippen molar-refractivity contribution in [2.75, 3.05) is 7.05 Å². The van der Waals surface area contributed by atoms with Gasteiger partial charge in [-0.1, -0.05) is 32.9 Å². The average Bonchev–Trinajstić information content (AvgIpc) is 2.35. The van der Waals surface area contributed by atoms with Gasteiger partial charge in [-0.25, -0.2) is 8.42 Å². The maximum absolute atomic E-state index is 12.8. The van der Waals surface area contributed by atoms with Crippen molar-refractivity contribution in [2.45, 2.75) is 52.2 Å². The van der Waals surface area contributed by atoms with E-state index < -0.39 is 10.0 Å². The number of benzene rings is 1. The SMILES string of the molecule is Cc1c(CO)cccc1S(=O)(=O)N(C)C(C)C(C)(C)C. The van der Waals surface area contributed by atoms with Crippen LogP contribution in [0.2, 0.25) is 0 Å². The molecule has 1 rings (SSSR count). The Morgan fingerprint density at radius 1 is 1.30 bits per heavy atom. The molecule has 1 N–H and O–H groups in total. The Bertz CT molecular complexity index is 573. The Kier molecular flexibility index (Phi) is 5.00. The Hall–Kier alpha value is -0.910. The van der Waals surface area contributed by atoms with Gasteiger partial charge in [0.2, 0.25) is 10.0 Å². The van der Waals surface area contributed by atoms with Crippen molar-refractivity contribution in [2.24, 2.45) is 5.41 Å². The molecule has 0 saturated heterocycles. The zero-order chi connectivity index (χ0) is 15.7. The first-order valence-electron chi connectivity index (χ1n) is 6.71. The molecule has 0 saturated carbocycles. The van der Waals surface area contributed by atoms with E-state index in [4.69, 9.17) is 0 Å². The predicted octanol–water partition coefficient (Wildman–Crippen LogP) is 2.54. The van der Waals surface area contributed by atoms with E-state index in [1.54, 1.807) is 32.2 Å². The molecule has 0 aromatic heterocycles. The summed E-state index contributed by atoms with van der Waals surface area (Å²) in [6.45, 7) is 9.52. The molecule has 0 bridgehead atoms. The number of rotatable bonds is 4. The Balaban J connectivity index is 3.31. The topological polar surface area (TPSA) is 57.6 Å². The second kappa shape index (κ2) is 5.84. The first-order chi connectivity index (χ1) is 9.03. The molecule has 0 spiro atoms. The highest BCUT2D eigenvalue weighted by Crippen LogP contribution is 2.29. The van der Waals surface area contributed by atoms with Gasteiger partial charge < -0.3 is 5.11 Å². The van der Waals surface area contributed by atoms with Gasteiger partial charge in [-0.2, -0.15) is 4.31 Å². The monoisotopic (exact) mass is 299 g/mol. The maximum Gasteiger partial charge on any atom is 0.243 e. The number of sulfonamides is 1. The molecule has 0 heterocycles. The van der Waals surface area contributed by atoms with Crippen LogP contribution in [0.1, 0.15) is 38.8 Å². The Labute approximate surface area is 122 Å². The van der Waals surface area contributed by atoms with E-state index in [0.717, 1.165) is 0 Å². The molecule has 0 radical (unpaired) electrons. The van der Waals surface area contributed by atoms with Gasteiger partial charge in [0, 0.05) is 13.1 Å². The van der Waals surface area contributed by atoms with Crippen molar-refractivity contribution < 1.29 is 13.5 Å². The van der Waals surface area contributed by atoms with Crippen molar-refractivity contribution in [1.82, 2.24) is 4.31 Å². The number of hydrogen-bond donors (Lipinski definition) is 1. The first-order valence-corrected chi connectivity index (χ1v) is 8.15. The van der Waals surface area contributed by atoms with E-state index in [1.807, 2.05) is 27.7 Å². The summed E-state index contributed by atoms with van der Waals surface area (Å²) in [6.07, 6.45) is 0. The molecule has 1 unspecified atom stereocenters. The van der Waals surface area contributed by atoms with Gasteiger partial charge in [-0.05, 0) is 36.5 Å². The molecule has 20 heavy (non-hydrogen) atoms. The largest absolute Gasteiger partial charge is 0.392 e. The average molecular weight is 299 g/mol. The van der Waals surface area contributed by atoms with Crippen LogP contribution in [0, 0.1) is 12.3 Å². The summed E-state index contributed by atoms with van der Waals surface area (Å²) in [5, 5.41) is 9.28. The molecule has 5 heteroatoms. The third kappa shape index (κ3) is 3.22. The van der Waals surface area contributed by atoms with Crippen LogP contribution < -0.4 is 0 Å². The van der Waals surface area contributed by atoms with Gasteiger partial charge in [0.25, 0.3) is 0 Å². The van der Waals surface area contributed by atoms with Crippen molar-refractivity contribution in [3.8, 4) is 0 Å². The van der Waals surface area contributed by atoms with Gasteiger partial charge in [-0.15, -0.1) is 0 Å². The minimum Gasteiger partial charge on any atom is -0.392 e. The fourth-order valence-corrected chi connectivity index (χ4v) is 3.83. The van der Waals surface area contributed by atoms with E-state index in [0.29, 0.717) is 11.1 Å². The molecule has 1 atom stereocenters. The first kappa shape index (κ1) is 17.1. The van der Waals surface area contributed by atoms with Gasteiger partial charge in [-0.3, -0.25) is 0 Å². The van der Waals surface area contributed by atoms with Crippen molar-refractivity contribution in [3.05, 3.63) is 29.3 Å².